The Bertz CT molecular complexity index is 981. The van der Waals surface area contributed by atoms with Gasteiger partial charge in [0.2, 0.25) is 5.95 Å². The molecule has 1 aliphatic heterocycles. The Kier molecular flexibility index (Phi) is 5.19. The van der Waals surface area contributed by atoms with Gasteiger partial charge in [-0.25, -0.2) is 9.97 Å². The van der Waals surface area contributed by atoms with E-state index in [1.807, 2.05) is 24.0 Å². The molecule has 2 aromatic heterocycles. The fourth-order valence-corrected chi connectivity index (χ4v) is 3.76. The van der Waals surface area contributed by atoms with Crippen molar-refractivity contribution in [3.63, 3.8) is 0 Å². The molecule has 0 radical (unpaired) electrons. The van der Waals surface area contributed by atoms with Gasteiger partial charge in [0.1, 0.15) is 0 Å². The number of aromatic nitrogens is 3. The first kappa shape index (κ1) is 18.3. The standard InChI is InChI=1S/C22H25N5O/c1-3-16-5-6-20-18(14-16)19(13-15(2)25-20)21(28)27-11-7-17(8-12-27)26-22-23-9-4-10-24-22/h4-6,9-10,13-14,17H,3,7-8,11-12H2,1-2H3,(H,23,24,26). The van der Waals surface area contributed by atoms with Crippen LogP contribution in [-0.4, -0.2) is 44.9 Å². The zero-order valence-corrected chi connectivity index (χ0v) is 16.4. The molecule has 6 heteroatoms. The Labute approximate surface area is 165 Å². The molecule has 1 aliphatic rings. The number of hydrogen-bond acceptors (Lipinski definition) is 5. The minimum absolute atomic E-state index is 0.0955. The molecule has 3 heterocycles. The second-order valence-corrected chi connectivity index (χ2v) is 7.30. The van der Waals surface area contributed by atoms with Crippen molar-refractivity contribution in [2.75, 3.05) is 18.4 Å². The van der Waals surface area contributed by atoms with Crippen molar-refractivity contribution in [2.45, 2.75) is 39.2 Å². The number of aryl methyl sites for hydroxylation is 2. The van der Waals surface area contributed by atoms with Crippen LogP contribution in [0.2, 0.25) is 0 Å². The highest BCUT2D eigenvalue weighted by atomic mass is 16.2. The summed E-state index contributed by atoms with van der Waals surface area (Å²) in [6.07, 6.45) is 6.17. The van der Waals surface area contributed by atoms with E-state index in [1.165, 1.54) is 5.56 Å². The largest absolute Gasteiger partial charge is 0.351 e. The van der Waals surface area contributed by atoms with Crippen molar-refractivity contribution in [2.24, 2.45) is 0 Å². The predicted molar refractivity (Wildman–Crippen MR) is 110 cm³/mol. The highest BCUT2D eigenvalue weighted by molar-refractivity contribution is 6.06. The van der Waals surface area contributed by atoms with E-state index in [2.05, 4.69) is 39.3 Å². The number of hydrogen-bond donors (Lipinski definition) is 1. The van der Waals surface area contributed by atoms with Crippen molar-refractivity contribution < 1.29 is 4.79 Å². The first-order chi connectivity index (χ1) is 13.6. The number of benzene rings is 1. The van der Waals surface area contributed by atoms with Crippen LogP contribution in [0.3, 0.4) is 0 Å². The number of amides is 1. The fraction of sp³-hybridized carbons (Fsp3) is 0.364. The zero-order valence-electron chi connectivity index (χ0n) is 16.4. The summed E-state index contributed by atoms with van der Waals surface area (Å²) in [5.41, 5.74) is 3.74. The quantitative estimate of drug-likeness (QED) is 0.754. The van der Waals surface area contributed by atoms with Gasteiger partial charge in [0, 0.05) is 42.6 Å². The Morgan fingerprint density at radius 3 is 2.64 bits per heavy atom. The number of carbonyl (C=O) groups is 1. The summed E-state index contributed by atoms with van der Waals surface area (Å²) in [6.45, 7) is 5.51. The second-order valence-electron chi connectivity index (χ2n) is 7.30. The highest BCUT2D eigenvalue weighted by Gasteiger charge is 2.25. The molecule has 144 valence electrons. The Morgan fingerprint density at radius 2 is 1.93 bits per heavy atom. The predicted octanol–water partition coefficient (Wildman–Crippen LogP) is 3.61. The van der Waals surface area contributed by atoms with Crippen LogP contribution in [-0.2, 0) is 6.42 Å². The van der Waals surface area contributed by atoms with Crippen molar-refractivity contribution in [3.8, 4) is 0 Å². The topological polar surface area (TPSA) is 71.0 Å². The maximum absolute atomic E-state index is 13.3. The lowest BCUT2D eigenvalue weighted by atomic mass is 10.0. The van der Waals surface area contributed by atoms with Crippen LogP contribution in [0.5, 0.6) is 0 Å². The van der Waals surface area contributed by atoms with E-state index in [1.54, 1.807) is 18.5 Å². The van der Waals surface area contributed by atoms with Crippen molar-refractivity contribution in [3.05, 3.63) is 59.5 Å². The van der Waals surface area contributed by atoms with E-state index >= 15 is 0 Å². The molecule has 1 aromatic carbocycles. The minimum atomic E-state index is 0.0955. The first-order valence-corrected chi connectivity index (χ1v) is 9.87. The Hall–Kier alpha value is -3.02. The van der Waals surface area contributed by atoms with Crippen LogP contribution in [0.25, 0.3) is 10.9 Å². The summed E-state index contributed by atoms with van der Waals surface area (Å²) in [5, 5.41) is 4.32. The van der Waals surface area contributed by atoms with Crippen molar-refractivity contribution >= 4 is 22.8 Å². The third-order valence-corrected chi connectivity index (χ3v) is 5.32. The lowest BCUT2D eigenvalue weighted by Gasteiger charge is -2.32. The molecule has 0 atom stereocenters. The van der Waals surface area contributed by atoms with Crippen LogP contribution in [0.1, 0.15) is 41.4 Å². The zero-order chi connectivity index (χ0) is 19.5. The summed E-state index contributed by atoms with van der Waals surface area (Å²) in [7, 11) is 0. The second kappa shape index (κ2) is 7.92. The van der Waals surface area contributed by atoms with E-state index < -0.39 is 0 Å². The Morgan fingerprint density at radius 1 is 1.18 bits per heavy atom. The molecule has 0 bridgehead atoms. The molecule has 4 rings (SSSR count). The smallest absolute Gasteiger partial charge is 0.254 e. The molecule has 0 aliphatic carbocycles. The SMILES string of the molecule is CCc1ccc2nc(C)cc(C(=O)N3CCC(Nc4ncccn4)CC3)c2c1. The Balaban J connectivity index is 1.51. The fourth-order valence-electron chi connectivity index (χ4n) is 3.76. The average molecular weight is 375 g/mol. The molecule has 1 fully saturated rings. The van der Waals surface area contributed by atoms with E-state index in [0.717, 1.165) is 54.5 Å². The third-order valence-electron chi connectivity index (χ3n) is 5.32. The summed E-state index contributed by atoms with van der Waals surface area (Å²) in [5.74, 6) is 0.744. The van der Waals surface area contributed by atoms with Crippen molar-refractivity contribution in [1.29, 1.82) is 0 Å². The van der Waals surface area contributed by atoms with Crippen LogP contribution < -0.4 is 5.32 Å². The molecule has 0 unspecified atom stereocenters. The van der Waals surface area contributed by atoms with Crippen molar-refractivity contribution in [1.82, 2.24) is 19.9 Å². The third kappa shape index (κ3) is 3.81. The lowest BCUT2D eigenvalue weighted by Crippen LogP contribution is -2.42. The number of piperidine rings is 1. The molecule has 1 saturated heterocycles. The van der Waals surface area contributed by atoms with Gasteiger partial charge in [0.05, 0.1) is 11.1 Å². The number of pyridine rings is 1. The number of likely N-dealkylation sites (tertiary alicyclic amines) is 1. The molecule has 1 amide bonds. The minimum Gasteiger partial charge on any atom is -0.351 e. The summed E-state index contributed by atoms with van der Waals surface area (Å²) in [6, 6.07) is 10.2. The number of carbonyl (C=O) groups excluding carboxylic acids is 1. The monoisotopic (exact) mass is 375 g/mol. The number of fused-ring (bicyclic) bond motifs is 1. The summed E-state index contributed by atoms with van der Waals surface area (Å²) < 4.78 is 0. The number of rotatable bonds is 4. The van der Waals surface area contributed by atoms with Gasteiger partial charge >= 0.3 is 0 Å². The van der Waals surface area contributed by atoms with Gasteiger partial charge in [-0.1, -0.05) is 13.0 Å². The number of anilines is 1. The van der Waals surface area contributed by atoms with Gasteiger partial charge in [0.15, 0.2) is 0 Å². The maximum atomic E-state index is 13.3. The van der Waals surface area contributed by atoms with Gasteiger partial charge in [-0.3, -0.25) is 9.78 Å². The molecule has 0 saturated carbocycles. The summed E-state index contributed by atoms with van der Waals surface area (Å²) >= 11 is 0. The van der Waals surface area contributed by atoms with Gasteiger partial charge in [0.25, 0.3) is 5.91 Å². The number of nitrogens with one attached hydrogen (secondary N) is 1. The van der Waals surface area contributed by atoms with Gasteiger partial charge in [-0.05, 0) is 56.0 Å². The molecular weight excluding hydrogens is 350 g/mol. The highest BCUT2D eigenvalue weighted by Crippen LogP contribution is 2.24. The van der Waals surface area contributed by atoms with Gasteiger partial charge in [-0.2, -0.15) is 0 Å². The molecule has 28 heavy (non-hydrogen) atoms. The van der Waals surface area contributed by atoms with Crippen LogP contribution >= 0.6 is 0 Å². The van der Waals surface area contributed by atoms with E-state index in [0.29, 0.717) is 5.95 Å². The molecule has 6 nitrogen and oxygen atoms in total. The molecular formula is C22H25N5O. The number of nitrogens with zero attached hydrogens (tertiary/aromatic N) is 4. The molecule has 3 aromatic rings. The van der Waals surface area contributed by atoms with Gasteiger partial charge < -0.3 is 10.2 Å². The lowest BCUT2D eigenvalue weighted by molar-refractivity contribution is 0.0720. The average Bonchev–Trinajstić information content (AvgIpc) is 2.73. The van der Waals surface area contributed by atoms with E-state index in [9.17, 15) is 4.79 Å². The van der Waals surface area contributed by atoms with Crippen LogP contribution in [0.4, 0.5) is 5.95 Å². The maximum Gasteiger partial charge on any atom is 0.254 e. The first-order valence-electron chi connectivity index (χ1n) is 9.87. The molecule has 1 N–H and O–H groups in total. The van der Waals surface area contributed by atoms with E-state index in [-0.39, 0.29) is 11.9 Å². The summed E-state index contributed by atoms with van der Waals surface area (Å²) in [4.78, 5) is 28.3. The van der Waals surface area contributed by atoms with Crippen LogP contribution in [0, 0.1) is 6.92 Å². The molecule has 0 spiro atoms. The normalized spacial score (nSPS) is 15.0. The van der Waals surface area contributed by atoms with Gasteiger partial charge in [-0.15, -0.1) is 0 Å². The van der Waals surface area contributed by atoms with Crippen LogP contribution in [0.15, 0.2) is 42.7 Å². The van der Waals surface area contributed by atoms with E-state index in [4.69, 9.17) is 0 Å².